The van der Waals surface area contributed by atoms with Crippen molar-refractivity contribution in [2.45, 2.75) is 33.5 Å². The number of hydrogen-bond acceptors (Lipinski definition) is 2. The van der Waals surface area contributed by atoms with Gasteiger partial charge in [0.2, 0.25) is 5.91 Å². The highest BCUT2D eigenvalue weighted by Gasteiger charge is 2.19. The molecular weight excluding hydrogens is 348 g/mol. The summed E-state index contributed by atoms with van der Waals surface area (Å²) >= 11 is 0. The SMILES string of the molecule is COc1cccc(Cn2cccc2CN(Cc2ccccc2)C(=O)C(C)C)c1. The summed E-state index contributed by atoms with van der Waals surface area (Å²) in [6, 6.07) is 22.4. The van der Waals surface area contributed by atoms with Crippen molar-refractivity contribution in [3.05, 3.63) is 89.7 Å². The van der Waals surface area contributed by atoms with Crippen LogP contribution in [-0.4, -0.2) is 22.5 Å². The van der Waals surface area contributed by atoms with Gasteiger partial charge in [-0.2, -0.15) is 0 Å². The fourth-order valence-corrected chi connectivity index (χ4v) is 3.29. The zero-order chi connectivity index (χ0) is 19.9. The molecule has 2 aromatic carbocycles. The van der Waals surface area contributed by atoms with Crippen LogP contribution < -0.4 is 4.74 Å². The summed E-state index contributed by atoms with van der Waals surface area (Å²) in [5.41, 5.74) is 3.43. The summed E-state index contributed by atoms with van der Waals surface area (Å²) < 4.78 is 7.53. The zero-order valence-corrected chi connectivity index (χ0v) is 16.8. The zero-order valence-electron chi connectivity index (χ0n) is 16.8. The Morgan fingerprint density at radius 1 is 0.964 bits per heavy atom. The molecule has 0 fully saturated rings. The van der Waals surface area contributed by atoms with E-state index >= 15 is 0 Å². The second-order valence-corrected chi connectivity index (χ2v) is 7.31. The van der Waals surface area contributed by atoms with E-state index in [9.17, 15) is 4.79 Å². The molecule has 1 aromatic heterocycles. The molecule has 4 nitrogen and oxygen atoms in total. The first-order valence-electron chi connectivity index (χ1n) is 9.66. The van der Waals surface area contributed by atoms with Crippen LogP contribution in [0, 0.1) is 5.92 Å². The van der Waals surface area contributed by atoms with Crippen LogP contribution in [0.2, 0.25) is 0 Å². The molecule has 0 aliphatic heterocycles. The Morgan fingerprint density at radius 2 is 1.71 bits per heavy atom. The van der Waals surface area contributed by atoms with Crippen molar-refractivity contribution in [1.29, 1.82) is 0 Å². The summed E-state index contributed by atoms with van der Waals surface area (Å²) in [5, 5.41) is 0. The van der Waals surface area contributed by atoms with Gasteiger partial charge in [0.05, 0.1) is 13.7 Å². The number of ether oxygens (including phenoxy) is 1. The molecule has 0 saturated carbocycles. The van der Waals surface area contributed by atoms with Crippen molar-refractivity contribution in [2.24, 2.45) is 5.92 Å². The minimum atomic E-state index is -0.0366. The van der Waals surface area contributed by atoms with Gasteiger partial charge in [-0.1, -0.05) is 56.3 Å². The molecule has 0 aliphatic rings. The van der Waals surface area contributed by atoms with Gasteiger partial charge in [-0.05, 0) is 35.4 Å². The third-order valence-electron chi connectivity index (χ3n) is 4.79. The Bertz CT molecular complexity index is 900. The van der Waals surface area contributed by atoms with Gasteiger partial charge in [0.25, 0.3) is 0 Å². The lowest BCUT2D eigenvalue weighted by Gasteiger charge is -2.25. The fourth-order valence-electron chi connectivity index (χ4n) is 3.29. The van der Waals surface area contributed by atoms with E-state index in [1.165, 1.54) is 5.56 Å². The van der Waals surface area contributed by atoms with Gasteiger partial charge in [0.15, 0.2) is 0 Å². The van der Waals surface area contributed by atoms with Gasteiger partial charge in [0, 0.05) is 30.9 Å². The molecule has 0 bridgehead atoms. The highest BCUT2D eigenvalue weighted by atomic mass is 16.5. The van der Waals surface area contributed by atoms with E-state index in [0.717, 1.165) is 23.6 Å². The number of rotatable bonds is 8. The maximum atomic E-state index is 12.8. The Labute approximate surface area is 167 Å². The van der Waals surface area contributed by atoms with E-state index in [0.29, 0.717) is 13.1 Å². The van der Waals surface area contributed by atoms with Gasteiger partial charge in [0.1, 0.15) is 5.75 Å². The van der Waals surface area contributed by atoms with Crippen LogP contribution in [0.5, 0.6) is 5.75 Å². The van der Waals surface area contributed by atoms with Crippen molar-refractivity contribution in [1.82, 2.24) is 9.47 Å². The van der Waals surface area contributed by atoms with Crippen LogP contribution in [0.4, 0.5) is 0 Å². The number of benzene rings is 2. The normalized spacial score (nSPS) is 10.9. The average molecular weight is 377 g/mol. The minimum Gasteiger partial charge on any atom is -0.497 e. The summed E-state index contributed by atoms with van der Waals surface area (Å²) in [7, 11) is 1.68. The largest absolute Gasteiger partial charge is 0.497 e. The first-order chi connectivity index (χ1) is 13.6. The third-order valence-corrected chi connectivity index (χ3v) is 4.79. The highest BCUT2D eigenvalue weighted by molar-refractivity contribution is 5.78. The van der Waals surface area contributed by atoms with Crippen molar-refractivity contribution >= 4 is 5.91 Å². The quantitative estimate of drug-likeness (QED) is 0.570. The lowest BCUT2D eigenvalue weighted by molar-refractivity contribution is -0.135. The molecule has 0 spiro atoms. The van der Waals surface area contributed by atoms with Crippen molar-refractivity contribution in [2.75, 3.05) is 7.11 Å². The number of aromatic nitrogens is 1. The number of hydrogen-bond donors (Lipinski definition) is 0. The third kappa shape index (κ3) is 5.03. The van der Waals surface area contributed by atoms with Crippen molar-refractivity contribution in [3.8, 4) is 5.75 Å². The predicted octanol–water partition coefficient (Wildman–Crippen LogP) is 4.73. The van der Waals surface area contributed by atoms with E-state index in [1.54, 1.807) is 7.11 Å². The molecule has 0 atom stereocenters. The molecule has 4 heteroatoms. The Morgan fingerprint density at radius 3 is 2.43 bits per heavy atom. The number of amides is 1. The summed E-state index contributed by atoms with van der Waals surface area (Å²) in [6.45, 7) is 5.85. The second-order valence-electron chi connectivity index (χ2n) is 7.31. The second kappa shape index (κ2) is 9.27. The minimum absolute atomic E-state index is 0.0366. The van der Waals surface area contributed by atoms with Crippen LogP contribution >= 0.6 is 0 Å². The molecule has 3 aromatic rings. The Hall–Kier alpha value is -3.01. The van der Waals surface area contributed by atoms with Crippen LogP contribution in [0.15, 0.2) is 72.9 Å². The van der Waals surface area contributed by atoms with Crippen molar-refractivity contribution in [3.63, 3.8) is 0 Å². The molecule has 1 amide bonds. The standard InChI is InChI=1S/C24H28N2O2/c1-19(2)24(27)26(16-20-9-5-4-6-10-20)18-22-12-8-14-25(22)17-21-11-7-13-23(15-21)28-3/h4-15,19H,16-18H2,1-3H3. The summed E-state index contributed by atoms with van der Waals surface area (Å²) in [5.74, 6) is 0.982. The number of nitrogens with zero attached hydrogens (tertiary/aromatic N) is 2. The maximum Gasteiger partial charge on any atom is 0.225 e. The van der Waals surface area contributed by atoms with Gasteiger partial charge < -0.3 is 14.2 Å². The molecule has 0 radical (unpaired) electrons. The lowest BCUT2D eigenvalue weighted by atomic mass is 10.1. The van der Waals surface area contributed by atoms with E-state index in [-0.39, 0.29) is 11.8 Å². The van der Waals surface area contributed by atoms with E-state index in [4.69, 9.17) is 4.74 Å². The smallest absolute Gasteiger partial charge is 0.225 e. The molecular formula is C24H28N2O2. The lowest BCUT2D eigenvalue weighted by Crippen LogP contribution is -2.34. The van der Waals surface area contributed by atoms with Gasteiger partial charge in [-0.15, -0.1) is 0 Å². The molecule has 0 N–H and O–H groups in total. The molecule has 0 saturated heterocycles. The Balaban J connectivity index is 1.79. The number of methoxy groups -OCH3 is 1. The van der Waals surface area contributed by atoms with Crippen LogP contribution in [0.25, 0.3) is 0 Å². The van der Waals surface area contributed by atoms with Gasteiger partial charge in [-0.25, -0.2) is 0 Å². The van der Waals surface area contributed by atoms with E-state index in [2.05, 4.69) is 35.0 Å². The number of carbonyl (C=O) groups is 1. The van der Waals surface area contributed by atoms with Crippen LogP contribution in [0.3, 0.4) is 0 Å². The van der Waals surface area contributed by atoms with E-state index in [1.807, 2.05) is 61.2 Å². The average Bonchev–Trinajstić information content (AvgIpc) is 3.14. The molecule has 146 valence electrons. The molecule has 3 rings (SSSR count). The molecule has 0 unspecified atom stereocenters. The monoisotopic (exact) mass is 376 g/mol. The van der Waals surface area contributed by atoms with Gasteiger partial charge in [-0.3, -0.25) is 4.79 Å². The maximum absolute atomic E-state index is 12.8. The van der Waals surface area contributed by atoms with Crippen LogP contribution in [-0.2, 0) is 24.4 Å². The first-order valence-corrected chi connectivity index (χ1v) is 9.66. The van der Waals surface area contributed by atoms with Gasteiger partial charge >= 0.3 is 0 Å². The summed E-state index contributed by atoms with van der Waals surface area (Å²) in [4.78, 5) is 14.8. The molecule has 28 heavy (non-hydrogen) atoms. The van der Waals surface area contributed by atoms with E-state index < -0.39 is 0 Å². The van der Waals surface area contributed by atoms with Crippen molar-refractivity contribution < 1.29 is 9.53 Å². The molecule has 1 heterocycles. The van der Waals surface area contributed by atoms with Crippen LogP contribution in [0.1, 0.15) is 30.7 Å². The summed E-state index contributed by atoms with van der Waals surface area (Å²) in [6.07, 6.45) is 2.06. The topological polar surface area (TPSA) is 34.5 Å². The Kier molecular flexibility index (Phi) is 6.53. The predicted molar refractivity (Wildman–Crippen MR) is 112 cm³/mol. The number of carbonyl (C=O) groups excluding carboxylic acids is 1. The first kappa shape index (κ1) is 19.7. The molecule has 0 aliphatic carbocycles. The fraction of sp³-hybridized carbons (Fsp3) is 0.292. The highest BCUT2D eigenvalue weighted by Crippen LogP contribution is 2.18.